The van der Waals surface area contributed by atoms with Crippen LogP contribution in [0.4, 0.5) is 0 Å². The molecule has 3 aromatic carbocycles. The fraction of sp³-hybridized carbons (Fsp3) is 0.250. The number of nitrogens with zero attached hydrogens (tertiary/aromatic N) is 3. The van der Waals surface area contributed by atoms with Gasteiger partial charge in [0, 0.05) is 24.0 Å². The van der Waals surface area contributed by atoms with Crippen molar-refractivity contribution in [3.05, 3.63) is 116 Å². The number of nitrogens with one attached hydrogen (secondary N) is 1. The zero-order chi connectivity index (χ0) is 27.8. The van der Waals surface area contributed by atoms with Crippen molar-refractivity contribution in [1.82, 2.24) is 19.7 Å². The summed E-state index contributed by atoms with van der Waals surface area (Å²) in [5.74, 6) is 1.35. The Hall–Kier alpha value is -3.72. The Kier molecular flexibility index (Phi) is 8.45. The Bertz CT molecular complexity index is 1830. The molecule has 41 heavy (non-hydrogen) atoms. The SMILES string of the molecule is CCCc1nc(C)n(-c2ccc3c(c2)CC(C)O3)c(=O)c1Cc1ccc(-c2ccccc2-c2noc(=O)[nH]2)cc1.[H-].[Na+]. The van der Waals surface area contributed by atoms with Gasteiger partial charge in [-0.25, -0.2) is 9.78 Å². The Morgan fingerprint density at radius 2 is 1.80 bits per heavy atom. The summed E-state index contributed by atoms with van der Waals surface area (Å²) in [6, 6.07) is 21.7. The number of aromatic nitrogens is 4. The fourth-order valence-corrected chi connectivity index (χ4v) is 5.48. The van der Waals surface area contributed by atoms with Gasteiger partial charge in [0.15, 0.2) is 5.82 Å². The van der Waals surface area contributed by atoms with Gasteiger partial charge in [0.2, 0.25) is 0 Å². The zero-order valence-electron chi connectivity index (χ0n) is 24.7. The summed E-state index contributed by atoms with van der Waals surface area (Å²) in [7, 11) is 0. The molecule has 1 aliphatic heterocycles. The predicted octanol–water partition coefficient (Wildman–Crippen LogP) is 2.53. The van der Waals surface area contributed by atoms with E-state index in [1.807, 2.05) is 73.7 Å². The van der Waals surface area contributed by atoms with Crippen LogP contribution >= 0.6 is 0 Å². The molecule has 6 rings (SSSR count). The van der Waals surface area contributed by atoms with Crippen LogP contribution in [-0.2, 0) is 19.3 Å². The molecular weight excluding hydrogens is 527 g/mol. The van der Waals surface area contributed by atoms with Gasteiger partial charge in [-0.3, -0.25) is 18.9 Å². The number of aromatic amines is 1. The van der Waals surface area contributed by atoms with Crippen molar-refractivity contribution in [2.75, 3.05) is 0 Å². The summed E-state index contributed by atoms with van der Waals surface area (Å²) in [6.07, 6.45) is 3.08. The molecule has 0 spiro atoms. The smallest absolute Gasteiger partial charge is 1.00 e. The fourth-order valence-electron chi connectivity index (χ4n) is 5.48. The second-order valence-corrected chi connectivity index (χ2v) is 10.3. The van der Waals surface area contributed by atoms with Crippen LogP contribution in [0.2, 0.25) is 0 Å². The molecule has 8 nitrogen and oxygen atoms in total. The number of hydrogen-bond acceptors (Lipinski definition) is 6. The first-order chi connectivity index (χ1) is 19.4. The van der Waals surface area contributed by atoms with Crippen LogP contribution in [-0.4, -0.2) is 25.8 Å². The first kappa shape index (κ1) is 28.8. The molecule has 0 aliphatic carbocycles. The molecule has 0 radical (unpaired) electrons. The van der Waals surface area contributed by atoms with Crippen LogP contribution in [0.25, 0.3) is 28.2 Å². The third-order valence-electron chi connectivity index (χ3n) is 7.32. The van der Waals surface area contributed by atoms with Gasteiger partial charge in [-0.05, 0) is 60.7 Å². The molecule has 0 saturated carbocycles. The summed E-state index contributed by atoms with van der Waals surface area (Å²) < 4.78 is 12.3. The first-order valence-corrected chi connectivity index (χ1v) is 13.6. The topological polar surface area (TPSA) is 103 Å². The quantitative estimate of drug-likeness (QED) is 0.308. The number of rotatable bonds is 7. The molecule has 1 unspecified atom stereocenters. The van der Waals surface area contributed by atoms with Crippen LogP contribution in [0.3, 0.4) is 0 Å². The van der Waals surface area contributed by atoms with Crippen LogP contribution in [0.15, 0.2) is 80.8 Å². The normalized spacial score (nSPS) is 13.9. The van der Waals surface area contributed by atoms with Gasteiger partial charge in [0.05, 0.1) is 11.4 Å². The molecule has 0 amide bonds. The largest absolute Gasteiger partial charge is 1.00 e. The van der Waals surface area contributed by atoms with E-state index in [2.05, 4.69) is 24.0 Å². The number of benzene rings is 3. The second-order valence-electron chi connectivity index (χ2n) is 10.3. The Morgan fingerprint density at radius 3 is 2.51 bits per heavy atom. The van der Waals surface area contributed by atoms with E-state index >= 15 is 0 Å². The standard InChI is InChI=1S/C32H30N4O4.Na.H/c1-4-7-28-27(31(37)36(20(3)33-28)24-14-15-29-23(18-24)16-19(2)39-29)17-21-10-12-22(13-11-21)25-8-5-6-9-26(25)30-34-32(38)40-35-30;;/h5-6,8-15,18-19H,4,7,16-17H2,1-3H3,(H,34,35,38);;/q;+1;-1. The van der Waals surface area contributed by atoms with E-state index in [9.17, 15) is 9.59 Å². The molecule has 3 heterocycles. The second kappa shape index (κ2) is 12.0. The minimum atomic E-state index is -0.594. The third-order valence-corrected chi connectivity index (χ3v) is 7.32. The number of aryl methyl sites for hydroxylation is 2. The van der Waals surface area contributed by atoms with Gasteiger partial charge in [0.25, 0.3) is 5.56 Å². The van der Waals surface area contributed by atoms with E-state index in [1.165, 1.54) is 0 Å². The van der Waals surface area contributed by atoms with Crippen LogP contribution < -0.4 is 45.6 Å². The summed E-state index contributed by atoms with van der Waals surface area (Å²) >= 11 is 0. The Balaban J connectivity index is 0.00000202. The van der Waals surface area contributed by atoms with Crippen molar-refractivity contribution in [3.63, 3.8) is 0 Å². The summed E-state index contributed by atoms with van der Waals surface area (Å²) in [5, 5.41) is 3.85. The molecule has 1 atom stereocenters. The Labute approximate surface area is 261 Å². The van der Waals surface area contributed by atoms with E-state index in [0.717, 1.165) is 64.2 Å². The van der Waals surface area contributed by atoms with E-state index in [4.69, 9.17) is 14.2 Å². The van der Waals surface area contributed by atoms with E-state index in [1.54, 1.807) is 4.57 Å². The predicted molar refractivity (Wildman–Crippen MR) is 154 cm³/mol. The average Bonchev–Trinajstić information content (AvgIpc) is 3.55. The third kappa shape index (κ3) is 5.73. The van der Waals surface area contributed by atoms with Crippen molar-refractivity contribution >= 4 is 0 Å². The minimum Gasteiger partial charge on any atom is -1.00 e. The summed E-state index contributed by atoms with van der Waals surface area (Å²) in [6.45, 7) is 6.04. The minimum absolute atomic E-state index is 0. The van der Waals surface area contributed by atoms with Crippen molar-refractivity contribution in [2.24, 2.45) is 0 Å². The maximum Gasteiger partial charge on any atom is 1.00 e. The Morgan fingerprint density at radius 1 is 1.05 bits per heavy atom. The average molecular weight is 559 g/mol. The van der Waals surface area contributed by atoms with Gasteiger partial charge in [-0.2, -0.15) is 0 Å². The van der Waals surface area contributed by atoms with Crippen molar-refractivity contribution in [1.29, 1.82) is 0 Å². The molecule has 0 fully saturated rings. The summed E-state index contributed by atoms with van der Waals surface area (Å²) in [5.41, 5.74) is 7.12. The maximum atomic E-state index is 14.0. The molecule has 204 valence electrons. The van der Waals surface area contributed by atoms with Gasteiger partial charge < -0.3 is 6.16 Å². The molecule has 1 N–H and O–H groups in total. The number of H-pyrrole nitrogens is 1. The summed E-state index contributed by atoms with van der Waals surface area (Å²) in [4.78, 5) is 33.0. The molecule has 5 aromatic rings. The van der Waals surface area contributed by atoms with Crippen molar-refractivity contribution in [2.45, 2.75) is 52.6 Å². The number of hydrogen-bond donors (Lipinski definition) is 1. The molecule has 0 bridgehead atoms. The van der Waals surface area contributed by atoms with Crippen LogP contribution in [0.1, 0.15) is 49.9 Å². The van der Waals surface area contributed by atoms with Crippen LogP contribution in [0.5, 0.6) is 5.75 Å². The molecule has 0 saturated heterocycles. The molecule has 1 aliphatic rings. The van der Waals surface area contributed by atoms with Gasteiger partial charge >= 0.3 is 35.3 Å². The molecular formula is C32H31N4NaO4. The zero-order valence-corrected chi connectivity index (χ0v) is 25.7. The first-order valence-electron chi connectivity index (χ1n) is 13.6. The number of fused-ring (bicyclic) bond motifs is 1. The molecule has 9 heteroatoms. The van der Waals surface area contributed by atoms with E-state index in [-0.39, 0.29) is 42.6 Å². The van der Waals surface area contributed by atoms with Gasteiger partial charge in [-0.15, -0.1) is 0 Å². The van der Waals surface area contributed by atoms with Crippen molar-refractivity contribution < 1.29 is 40.2 Å². The van der Waals surface area contributed by atoms with Gasteiger partial charge in [0.1, 0.15) is 17.7 Å². The van der Waals surface area contributed by atoms with Gasteiger partial charge in [-0.1, -0.05) is 67.0 Å². The monoisotopic (exact) mass is 558 g/mol. The maximum absolute atomic E-state index is 14.0. The molecule has 2 aromatic heterocycles. The van der Waals surface area contributed by atoms with Crippen molar-refractivity contribution in [3.8, 4) is 34.0 Å². The van der Waals surface area contributed by atoms with Crippen LogP contribution in [0, 0.1) is 6.92 Å². The number of ether oxygens (including phenoxy) is 1. The van der Waals surface area contributed by atoms with E-state index < -0.39 is 5.76 Å². The van der Waals surface area contributed by atoms with E-state index in [0.29, 0.717) is 23.6 Å².